The van der Waals surface area contributed by atoms with Crippen molar-refractivity contribution in [1.82, 2.24) is 0 Å². The van der Waals surface area contributed by atoms with Crippen molar-refractivity contribution in [2.24, 2.45) is 0 Å². The van der Waals surface area contributed by atoms with E-state index < -0.39 is 60.3 Å². The van der Waals surface area contributed by atoms with Crippen LogP contribution in [0.4, 0.5) is 52.7 Å². The van der Waals surface area contributed by atoms with E-state index in [1.165, 1.54) is 0 Å². The van der Waals surface area contributed by atoms with Crippen LogP contribution in [0.3, 0.4) is 0 Å². The van der Waals surface area contributed by atoms with Crippen LogP contribution in [0.5, 0.6) is 0 Å². The molecule has 1 aliphatic heterocycles. The molecule has 24 heavy (non-hydrogen) atoms. The van der Waals surface area contributed by atoms with Crippen LogP contribution in [-0.4, -0.2) is 60.3 Å². The summed E-state index contributed by atoms with van der Waals surface area (Å²) in [6.07, 6.45) is 0. The molecule has 1 aliphatic rings. The molecule has 144 valence electrons. The fourth-order valence-corrected chi connectivity index (χ4v) is 13.5. The van der Waals surface area contributed by atoms with Gasteiger partial charge in [0.15, 0.2) is 0 Å². The molecule has 1 fully saturated rings. The molecular formula is C4H4F12O4Si4. The van der Waals surface area contributed by atoms with Crippen LogP contribution in [-0.2, 0) is 16.5 Å². The number of hydrogen-bond acceptors (Lipinski definition) is 4. The number of alkyl halides is 12. The minimum atomic E-state index is -8.07. The lowest BCUT2D eigenvalue weighted by Crippen LogP contribution is -2.79. The van der Waals surface area contributed by atoms with Crippen molar-refractivity contribution in [1.29, 1.82) is 0 Å². The topological polar surface area (TPSA) is 36.9 Å². The van der Waals surface area contributed by atoms with Gasteiger partial charge in [0, 0.05) is 0 Å². The predicted molar refractivity (Wildman–Crippen MR) is 57.2 cm³/mol. The first-order valence-electron chi connectivity index (χ1n) is 5.24. The van der Waals surface area contributed by atoms with E-state index >= 15 is 0 Å². The van der Waals surface area contributed by atoms with Crippen LogP contribution in [0.15, 0.2) is 0 Å². The van der Waals surface area contributed by atoms with Gasteiger partial charge in [-0.05, 0) is 0 Å². The zero-order valence-corrected chi connectivity index (χ0v) is 15.4. The molecule has 1 heterocycles. The van der Waals surface area contributed by atoms with Gasteiger partial charge >= 0.3 is 40.3 Å². The summed E-state index contributed by atoms with van der Waals surface area (Å²) in [4.78, 5) is 0. The van der Waals surface area contributed by atoms with E-state index in [-0.39, 0.29) is 0 Å². The first-order valence-corrected chi connectivity index (χ1v) is 11.2. The quantitative estimate of drug-likeness (QED) is 0.408. The van der Waals surface area contributed by atoms with Gasteiger partial charge in [-0.15, -0.1) is 0 Å². The van der Waals surface area contributed by atoms with E-state index in [0.29, 0.717) is 0 Å². The Labute approximate surface area is 130 Å². The predicted octanol–water partition coefficient (Wildman–Crippen LogP) is 1.35. The van der Waals surface area contributed by atoms with E-state index in [9.17, 15) is 52.7 Å². The van der Waals surface area contributed by atoms with Crippen molar-refractivity contribution in [2.45, 2.75) is 23.2 Å². The lowest BCUT2D eigenvalue weighted by atomic mass is 11.5. The SMILES string of the molecule is FC(F)(F)[Si]1(C(F)(F)F)O[SiH2]O[SiH2]O[Si](C(F)(F)F)(C(F)(F)F)O1. The molecule has 0 unspecified atom stereocenters. The summed E-state index contributed by atoms with van der Waals surface area (Å²) in [5, 5.41) is 0. The van der Waals surface area contributed by atoms with Crippen LogP contribution in [0.25, 0.3) is 0 Å². The van der Waals surface area contributed by atoms with E-state index in [1.54, 1.807) is 0 Å². The molecular weight excluding hydrogens is 452 g/mol. The average molecular weight is 456 g/mol. The first kappa shape index (κ1) is 21.9. The summed E-state index contributed by atoms with van der Waals surface area (Å²) in [6.45, 7) is 0. The third-order valence-electron chi connectivity index (χ3n) is 2.47. The Morgan fingerprint density at radius 3 is 0.958 bits per heavy atom. The fraction of sp³-hybridized carbons (Fsp3) is 1.00. The number of hydrogen-bond donors (Lipinski definition) is 0. The van der Waals surface area contributed by atoms with Crippen LogP contribution >= 0.6 is 0 Å². The molecule has 0 spiro atoms. The summed E-state index contributed by atoms with van der Waals surface area (Å²) < 4.78 is 168. The molecule has 4 nitrogen and oxygen atoms in total. The van der Waals surface area contributed by atoms with Gasteiger partial charge in [-0.2, -0.15) is 52.7 Å². The Kier molecular flexibility index (Phi) is 5.69. The van der Waals surface area contributed by atoms with Crippen molar-refractivity contribution in [3.63, 3.8) is 0 Å². The van der Waals surface area contributed by atoms with Gasteiger partial charge in [-0.1, -0.05) is 0 Å². The average Bonchev–Trinajstić information content (AvgIpc) is 2.20. The van der Waals surface area contributed by atoms with Gasteiger partial charge in [0.25, 0.3) is 20.0 Å². The molecule has 20 heteroatoms. The van der Waals surface area contributed by atoms with E-state index in [0.717, 1.165) is 0 Å². The lowest BCUT2D eigenvalue weighted by molar-refractivity contribution is -0.180. The molecule has 0 aromatic heterocycles. The highest BCUT2D eigenvalue weighted by atomic mass is 28.5. The third kappa shape index (κ3) is 3.54. The largest absolute Gasteiger partial charge is 0.556 e. The van der Waals surface area contributed by atoms with Gasteiger partial charge in [0.2, 0.25) is 0 Å². The second kappa shape index (κ2) is 6.24. The zero-order chi connectivity index (χ0) is 19.2. The monoisotopic (exact) mass is 456 g/mol. The summed E-state index contributed by atoms with van der Waals surface area (Å²) >= 11 is 0. The van der Waals surface area contributed by atoms with Crippen molar-refractivity contribution in [2.75, 3.05) is 0 Å². The standard InChI is InChI=1S/C4H4F12O4Si4/c5-1(6,7)23(2(8,9)10)18-21-17-22-19-24(20-23,3(11,12)13)4(14,15)16/h21-22H2. The Balaban J connectivity index is 3.68. The Morgan fingerprint density at radius 1 is 0.500 bits per heavy atom. The van der Waals surface area contributed by atoms with Gasteiger partial charge in [-0.25, -0.2) is 0 Å². The zero-order valence-electron chi connectivity index (χ0n) is 10.6. The Hall–Kier alpha value is -0.132. The second-order valence-electron chi connectivity index (χ2n) is 4.05. The molecule has 1 rings (SSSR count). The van der Waals surface area contributed by atoms with E-state index in [2.05, 4.69) is 16.5 Å². The van der Waals surface area contributed by atoms with Crippen LogP contribution in [0, 0.1) is 0 Å². The molecule has 0 aromatic rings. The molecule has 0 atom stereocenters. The molecule has 0 aliphatic carbocycles. The molecule has 0 bridgehead atoms. The maximum Gasteiger partial charge on any atom is 0.556 e. The highest BCUT2D eigenvalue weighted by Gasteiger charge is 2.90. The smallest absolute Gasteiger partial charge is 0.425 e. The third-order valence-corrected chi connectivity index (χ3v) is 13.3. The Bertz CT molecular complexity index is 386. The Morgan fingerprint density at radius 2 is 0.750 bits per heavy atom. The minimum Gasteiger partial charge on any atom is -0.425 e. The fourth-order valence-electron chi connectivity index (χ4n) is 1.42. The van der Waals surface area contributed by atoms with Gasteiger partial charge < -0.3 is 16.5 Å². The molecule has 0 amide bonds. The molecule has 0 radical (unpaired) electrons. The number of halogens is 12. The van der Waals surface area contributed by atoms with Crippen molar-refractivity contribution >= 4 is 37.1 Å². The molecule has 1 saturated heterocycles. The first-order chi connectivity index (χ1) is 10.4. The lowest BCUT2D eigenvalue weighted by Gasteiger charge is -2.43. The molecule has 0 aromatic carbocycles. The highest BCUT2D eigenvalue weighted by molar-refractivity contribution is 6.88. The van der Waals surface area contributed by atoms with Crippen molar-refractivity contribution in [3.05, 3.63) is 0 Å². The van der Waals surface area contributed by atoms with Gasteiger partial charge in [0.05, 0.1) is 0 Å². The second-order valence-corrected chi connectivity index (χ2v) is 14.0. The van der Waals surface area contributed by atoms with E-state index in [1.807, 2.05) is 0 Å². The van der Waals surface area contributed by atoms with E-state index in [4.69, 9.17) is 0 Å². The summed E-state index contributed by atoms with van der Waals surface area (Å²) in [6, 6.07) is 0. The summed E-state index contributed by atoms with van der Waals surface area (Å²) in [7, 11) is -22.6. The van der Waals surface area contributed by atoms with Crippen LogP contribution in [0.2, 0.25) is 0 Å². The molecule has 0 saturated carbocycles. The summed E-state index contributed by atoms with van der Waals surface area (Å²) in [5.41, 5.74) is 0. The number of rotatable bonds is 0. The van der Waals surface area contributed by atoms with Crippen LogP contribution < -0.4 is 0 Å². The maximum absolute atomic E-state index is 12.8. The normalized spacial score (nSPS) is 25.5. The maximum atomic E-state index is 12.8. The van der Waals surface area contributed by atoms with Crippen molar-refractivity contribution < 1.29 is 69.1 Å². The van der Waals surface area contributed by atoms with Gasteiger partial charge in [-0.3, -0.25) is 0 Å². The summed E-state index contributed by atoms with van der Waals surface area (Å²) in [5.74, 6) is -26.7. The van der Waals surface area contributed by atoms with Crippen LogP contribution in [0.1, 0.15) is 0 Å². The molecule has 0 N–H and O–H groups in total. The minimum absolute atomic E-state index is 2.85. The van der Waals surface area contributed by atoms with Gasteiger partial charge in [0.1, 0.15) is 0 Å². The van der Waals surface area contributed by atoms with Crippen molar-refractivity contribution in [3.8, 4) is 0 Å². The highest BCUT2D eigenvalue weighted by Crippen LogP contribution is 2.51.